The van der Waals surface area contributed by atoms with E-state index in [1.54, 1.807) is 0 Å². The van der Waals surface area contributed by atoms with Gasteiger partial charge < -0.3 is 10.2 Å². The molecule has 1 aromatic rings. The third-order valence-corrected chi connectivity index (χ3v) is 2.95. The molecule has 0 aliphatic carbocycles. The zero-order valence-corrected chi connectivity index (χ0v) is 12.0. The monoisotopic (exact) mass is 253 g/mol. The van der Waals surface area contributed by atoms with Crippen molar-refractivity contribution in [2.75, 3.05) is 26.2 Å². The predicted octanol–water partition coefficient (Wildman–Crippen LogP) is 1.51. The molecule has 0 aliphatic rings. The Balaban J connectivity index is 2.29. The molecule has 1 rings (SSSR count). The maximum atomic E-state index is 4.17. The third-order valence-electron chi connectivity index (χ3n) is 2.95. The highest BCUT2D eigenvalue weighted by Gasteiger charge is 2.03. The fraction of sp³-hybridized carbons (Fsp3) is 0.846. The molecule has 5 nitrogen and oxygen atoms in total. The van der Waals surface area contributed by atoms with Crippen molar-refractivity contribution < 1.29 is 0 Å². The summed E-state index contributed by atoms with van der Waals surface area (Å²) in [5.41, 5.74) is 1.03. The first-order chi connectivity index (χ1) is 8.80. The van der Waals surface area contributed by atoms with Crippen LogP contribution in [0.2, 0.25) is 0 Å². The molecule has 0 atom stereocenters. The fourth-order valence-electron chi connectivity index (χ4n) is 1.91. The van der Waals surface area contributed by atoms with Crippen LogP contribution in [0.3, 0.4) is 0 Å². The van der Waals surface area contributed by atoms with E-state index in [1.807, 2.05) is 10.9 Å². The second kappa shape index (κ2) is 9.05. The van der Waals surface area contributed by atoms with Crippen molar-refractivity contribution >= 4 is 0 Å². The molecule has 0 radical (unpaired) electrons. The standard InChI is InChI=1S/C13H27N5/c1-4-7-14-11-13-12-18(16-15-13)10-9-17(6-3)8-5-2/h12,14H,4-11H2,1-3H3. The van der Waals surface area contributed by atoms with Gasteiger partial charge in [0.25, 0.3) is 0 Å². The van der Waals surface area contributed by atoms with Crippen molar-refractivity contribution in [2.24, 2.45) is 0 Å². The molecule has 104 valence electrons. The second-order valence-electron chi connectivity index (χ2n) is 4.58. The van der Waals surface area contributed by atoms with Crippen LogP contribution in [0.15, 0.2) is 6.20 Å². The number of aromatic nitrogens is 3. The number of likely N-dealkylation sites (N-methyl/N-ethyl adjacent to an activating group) is 1. The number of nitrogens with zero attached hydrogens (tertiary/aromatic N) is 4. The highest BCUT2D eigenvalue weighted by atomic mass is 15.4. The highest BCUT2D eigenvalue weighted by Crippen LogP contribution is 1.96. The van der Waals surface area contributed by atoms with E-state index in [9.17, 15) is 0 Å². The van der Waals surface area contributed by atoms with Gasteiger partial charge in [0.15, 0.2) is 0 Å². The van der Waals surface area contributed by atoms with Crippen LogP contribution in [0.4, 0.5) is 0 Å². The normalized spacial score (nSPS) is 11.3. The first kappa shape index (κ1) is 15.1. The van der Waals surface area contributed by atoms with E-state index in [2.05, 4.69) is 41.3 Å². The quantitative estimate of drug-likeness (QED) is 0.642. The average Bonchev–Trinajstić information content (AvgIpc) is 2.83. The van der Waals surface area contributed by atoms with Crippen LogP contribution in [0.5, 0.6) is 0 Å². The number of nitrogens with one attached hydrogen (secondary N) is 1. The second-order valence-corrected chi connectivity index (χ2v) is 4.58. The van der Waals surface area contributed by atoms with Crippen LogP contribution in [0, 0.1) is 0 Å². The zero-order valence-electron chi connectivity index (χ0n) is 12.0. The maximum Gasteiger partial charge on any atom is 0.0964 e. The minimum atomic E-state index is 0.820. The van der Waals surface area contributed by atoms with Crippen molar-refractivity contribution in [1.29, 1.82) is 0 Å². The van der Waals surface area contributed by atoms with Gasteiger partial charge in [-0.3, -0.25) is 4.68 Å². The lowest BCUT2D eigenvalue weighted by molar-refractivity contribution is 0.271. The van der Waals surface area contributed by atoms with Gasteiger partial charge >= 0.3 is 0 Å². The Morgan fingerprint density at radius 3 is 2.72 bits per heavy atom. The van der Waals surface area contributed by atoms with Gasteiger partial charge in [0.05, 0.1) is 12.2 Å². The van der Waals surface area contributed by atoms with Gasteiger partial charge in [-0.25, -0.2) is 0 Å². The Hall–Kier alpha value is -0.940. The molecule has 18 heavy (non-hydrogen) atoms. The summed E-state index contributed by atoms with van der Waals surface area (Å²) in [5.74, 6) is 0. The SMILES string of the molecule is CCCNCc1cn(CCN(CC)CCC)nn1. The van der Waals surface area contributed by atoms with E-state index in [4.69, 9.17) is 0 Å². The summed E-state index contributed by atoms with van der Waals surface area (Å²) in [6, 6.07) is 0. The molecule has 0 saturated heterocycles. The molecule has 1 N–H and O–H groups in total. The van der Waals surface area contributed by atoms with Gasteiger partial charge in [0, 0.05) is 19.3 Å². The van der Waals surface area contributed by atoms with E-state index in [0.717, 1.165) is 51.4 Å². The van der Waals surface area contributed by atoms with E-state index in [0.29, 0.717) is 0 Å². The van der Waals surface area contributed by atoms with Gasteiger partial charge in [-0.2, -0.15) is 0 Å². The lowest BCUT2D eigenvalue weighted by Crippen LogP contribution is -2.28. The van der Waals surface area contributed by atoms with Gasteiger partial charge in [-0.15, -0.1) is 5.10 Å². The van der Waals surface area contributed by atoms with Crippen molar-refractivity contribution in [2.45, 2.75) is 46.7 Å². The van der Waals surface area contributed by atoms with E-state index in [-0.39, 0.29) is 0 Å². The zero-order chi connectivity index (χ0) is 13.2. The largest absolute Gasteiger partial charge is 0.311 e. The molecular weight excluding hydrogens is 226 g/mol. The van der Waals surface area contributed by atoms with Gasteiger partial charge in [-0.1, -0.05) is 26.0 Å². The summed E-state index contributed by atoms with van der Waals surface area (Å²) in [6.07, 6.45) is 4.40. The molecule has 0 fully saturated rings. The minimum absolute atomic E-state index is 0.820. The molecule has 0 amide bonds. The number of rotatable bonds is 10. The summed E-state index contributed by atoms with van der Waals surface area (Å²) in [5, 5.41) is 11.7. The first-order valence-corrected chi connectivity index (χ1v) is 7.12. The van der Waals surface area contributed by atoms with Gasteiger partial charge in [0.1, 0.15) is 0 Å². The molecule has 0 bridgehead atoms. The lowest BCUT2D eigenvalue weighted by atomic mass is 10.4. The van der Waals surface area contributed by atoms with Crippen molar-refractivity contribution in [3.63, 3.8) is 0 Å². The molecule has 0 aliphatic heterocycles. The Labute approximate surface area is 111 Å². The van der Waals surface area contributed by atoms with E-state index >= 15 is 0 Å². The van der Waals surface area contributed by atoms with Gasteiger partial charge in [-0.05, 0) is 32.5 Å². The summed E-state index contributed by atoms with van der Waals surface area (Å²) >= 11 is 0. The molecule has 0 saturated carbocycles. The van der Waals surface area contributed by atoms with Crippen LogP contribution in [-0.2, 0) is 13.1 Å². The summed E-state index contributed by atoms with van der Waals surface area (Å²) in [7, 11) is 0. The van der Waals surface area contributed by atoms with Crippen LogP contribution < -0.4 is 5.32 Å². The molecule has 5 heteroatoms. The van der Waals surface area contributed by atoms with Crippen molar-refractivity contribution in [1.82, 2.24) is 25.2 Å². The number of hydrogen-bond acceptors (Lipinski definition) is 4. The summed E-state index contributed by atoms with van der Waals surface area (Å²) in [6.45, 7) is 12.7. The minimum Gasteiger partial charge on any atom is -0.311 e. The van der Waals surface area contributed by atoms with Gasteiger partial charge in [0.2, 0.25) is 0 Å². The molecule has 0 aromatic carbocycles. The third kappa shape index (κ3) is 5.60. The smallest absolute Gasteiger partial charge is 0.0964 e. The number of hydrogen-bond donors (Lipinski definition) is 1. The Morgan fingerprint density at radius 1 is 1.22 bits per heavy atom. The summed E-state index contributed by atoms with van der Waals surface area (Å²) < 4.78 is 1.95. The van der Waals surface area contributed by atoms with Crippen LogP contribution in [0.25, 0.3) is 0 Å². The lowest BCUT2D eigenvalue weighted by Gasteiger charge is -2.18. The topological polar surface area (TPSA) is 46.0 Å². The predicted molar refractivity (Wildman–Crippen MR) is 74.4 cm³/mol. The summed E-state index contributed by atoms with van der Waals surface area (Å²) in [4.78, 5) is 2.44. The van der Waals surface area contributed by atoms with E-state index < -0.39 is 0 Å². The van der Waals surface area contributed by atoms with Crippen molar-refractivity contribution in [3.05, 3.63) is 11.9 Å². The highest BCUT2D eigenvalue weighted by molar-refractivity contribution is 4.91. The van der Waals surface area contributed by atoms with Crippen LogP contribution in [0.1, 0.15) is 39.3 Å². The van der Waals surface area contributed by atoms with E-state index in [1.165, 1.54) is 6.42 Å². The Bertz CT molecular complexity index is 310. The van der Waals surface area contributed by atoms with Crippen molar-refractivity contribution in [3.8, 4) is 0 Å². The molecular formula is C13H27N5. The van der Waals surface area contributed by atoms with Crippen LogP contribution >= 0.6 is 0 Å². The maximum absolute atomic E-state index is 4.17. The molecule has 0 spiro atoms. The first-order valence-electron chi connectivity index (χ1n) is 7.12. The molecule has 1 heterocycles. The van der Waals surface area contributed by atoms with Crippen LogP contribution in [-0.4, -0.2) is 46.1 Å². The Kier molecular flexibility index (Phi) is 7.60. The molecule has 1 aromatic heterocycles. The Morgan fingerprint density at radius 2 is 2.06 bits per heavy atom. The molecule has 0 unspecified atom stereocenters. The fourth-order valence-corrected chi connectivity index (χ4v) is 1.91. The average molecular weight is 253 g/mol.